The highest BCUT2D eigenvalue weighted by atomic mass is 16.5. The van der Waals surface area contributed by atoms with Gasteiger partial charge in [0.15, 0.2) is 11.6 Å². The zero-order valence-electron chi connectivity index (χ0n) is 19.1. The molecule has 0 aromatic carbocycles. The maximum atomic E-state index is 5.83. The predicted molar refractivity (Wildman–Crippen MR) is 120 cm³/mol. The molecule has 31 heavy (non-hydrogen) atoms. The molecule has 0 saturated carbocycles. The van der Waals surface area contributed by atoms with Gasteiger partial charge in [-0.3, -0.25) is 5.10 Å². The number of aromatic nitrogens is 5. The van der Waals surface area contributed by atoms with Crippen LogP contribution in [0, 0.1) is 0 Å². The van der Waals surface area contributed by atoms with Crippen molar-refractivity contribution >= 4 is 17.6 Å². The summed E-state index contributed by atoms with van der Waals surface area (Å²) in [6.07, 6.45) is 0. The van der Waals surface area contributed by atoms with E-state index in [9.17, 15) is 0 Å². The van der Waals surface area contributed by atoms with Gasteiger partial charge in [-0.2, -0.15) is 15.1 Å². The van der Waals surface area contributed by atoms with Crippen LogP contribution in [0.2, 0.25) is 0 Å². The van der Waals surface area contributed by atoms with Gasteiger partial charge >= 0.3 is 0 Å². The Labute approximate surface area is 182 Å². The third kappa shape index (κ3) is 6.68. The molecule has 10 heteroatoms. The standard InChI is InChI=1S/C21H32N8O2/c1-13(2)16-10-19(27-26-16)23-18-11-20(30-8-7-29(5)6)25-21(24-18)22-12-15-9-17(14(3)4)28-31-15/h9-11,13-14H,7-8,12H2,1-6H3,(H3,22,23,24,25,26,27). The topological polar surface area (TPSA) is 117 Å². The first-order valence-corrected chi connectivity index (χ1v) is 10.5. The van der Waals surface area contributed by atoms with Gasteiger partial charge < -0.3 is 24.8 Å². The fraction of sp³-hybridized carbons (Fsp3) is 0.524. The van der Waals surface area contributed by atoms with Crippen LogP contribution < -0.4 is 15.4 Å². The zero-order valence-corrected chi connectivity index (χ0v) is 19.1. The SMILES string of the molecule is CC(C)c1cc(CNc2nc(Nc3cc(C(C)C)[nH]n3)cc(OCCN(C)C)n2)on1. The Bertz CT molecular complexity index is 964. The molecule has 10 nitrogen and oxygen atoms in total. The molecule has 0 saturated heterocycles. The molecule has 3 aromatic rings. The van der Waals surface area contributed by atoms with Crippen LogP contribution in [-0.4, -0.2) is 57.5 Å². The van der Waals surface area contributed by atoms with Crippen molar-refractivity contribution in [1.29, 1.82) is 0 Å². The number of hydrogen-bond acceptors (Lipinski definition) is 9. The summed E-state index contributed by atoms with van der Waals surface area (Å²) in [6.45, 7) is 10.1. The number of anilines is 3. The van der Waals surface area contributed by atoms with Gasteiger partial charge in [0.05, 0.1) is 12.2 Å². The number of likely N-dealkylation sites (N-methyl/N-ethyl adjacent to an activating group) is 1. The van der Waals surface area contributed by atoms with Crippen LogP contribution in [0.25, 0.3) is 0 Å². The lowest BCUT2D eigenvalue weighted by Gasteiger charge is -2.12. The van der Waals surface area contributed by atoms with E-state index in [0.29, 0.717) is 48.5 Å². The Morgan fingerprint density at radius 3 is 2.52 bits per heavy atom. The second kappa shape index (κ2) is 10.3. The van der Waals surface area contributed by atoms with Gasteiger partial charge in [0.1, 0.15) is 12.4 Å². The summed E-state index contributed by atoms with van der Waals surface area (Å²) in [4.78, 5) is 11.1. The first kappa shape index (κ1) is 22.5. The molecule has 3 aromatic heterocycles. The summed E-state index contributed by atoms with van der Waals surface area (Å²) in [5.41, 5.74) is 1.96. The van der Waals surface area contributed by atoms with Crippen molar-refractivity contribution in [2.45, 2.75) is 46.1 Å². The van der Waals surface area contributed by atoms with Crippen molar-refractivity contribution in [1.82, 2.24) is 30.2 Å². The number of nitrogens with one attached hydrogen (secondary N) is 3. The van der Waals surface area contributed by atoms with E-state index in [2.05, 4.69) is 63.7 Å². The number of hydrogen-bond donors (Lipinski definition) is 3. The largest absolute Gasteiger partial charge is 0.476 e. The summed E-state index contributed by atoms with van der Waals surface area (Å²) in [5.74, 6) is 3.54. The Morgan fingerprint density at radius 1 is 1.06 bits per heavy atom. The first-order chi connectivity index (χ1) is 14.8. The molecule has 0 bridgehead atoms. The molecular weight excluding hydrogens is 396 g/mol. The van der Waals surface area contributed by atoms with E-state index in [-0.39, 0.29) is 0 Å². The Morgan fingerprint density at radius 2 is 1.87 bits per heavy atom. The highest BCUT2D eigenvalue weighted by Crippen LogP contribution is 2.22. The third-order valence-corrected chi connectivity index (χ3v) is 4.56. The van der Waals surface area contributed by atoms with Gasteiger partial charge in [-0.15, -0.1) is 0 Å². The number of aromatic amines is 1. The molecule has 3 rings (SSSR count). The fourth-order valence-corrected chi connectivity index (χ4v) is 2.65. The van der Waals surface area contributed by atoms with E-state index in [4.69, 9.17) is 9.26 Å². The van der Waals surface area contributed by atoms with E-state index in [1.54, 1.807) is 6.07 Å². The average Bonchev–Trinajstić information content (AvgIpc) is 3.36. The summed E-state index contributed by atoms with van der Waals surface area (Å²) in [5, 5.41) is 17.8. The number of H-pyrrole nitrogens is 1. The summed E-state index contributed by atoms with van der Waals surface area (Å²) >= 11 is 0. The molecule has 0 atom stereocenters. The van der Waals surface area contributed by atoms with Crippen LogP contribution in [0.1, 0.15) is 56.7 Å². The third-order valence-electron chi connectivity index (χ3n) is 4.56. The van der Waals surface area contributed by atoms with Crippen LogP contribution in [-0.2, 0) is 6.54 Å². The number of nitrogens with zero attached hydrogens (tertiary/aromatic N) is 5. The molecule has 0 aliphatic carbocycles. The minimum atomic E-state index is 0.308. The van der Waals surface area contributed by atoms with Crippen LogP contribution >= 0.6 is 0 Å². The second-order valence-corrected chi connectivity index (χ2v) is 8.28. The first-order valence-electron chi connectivity index (χ1n) is 10.5. The Hall–Kier alpha value is -3.14. The lowest BCUT2D eigenvalue weighted by Crippen LogP contribution is -2.20. The number of rotatable bonds is 11. The molecule has 0 radical (unpaired) electrons. The molecular formula is C21H32N8O2. The lowest BCUT2D eigenvalue weighted by atomic mass is 10.1. The van der Waals surface area contributed by atoms with Gasteiger partial charge in [0.2, 0.25) is 11.8 Å². The monoisotopic (exact) mass is 428 g/mol. The van der Waals surface area contributed by atoms with E-state index in [0.717, 1.165) is 23.7 Å². The Kier molecular flexibility index (Phi) is 7.45. The molecule has 3 heterocycles. The van der Waals surface area contributed by atoms with E-state index in [1.807, 2.05) is 31.1 Å². The minimum Gasteiger partial charge on any atom is -0.476 e. The summed E-state index contributed by atoms with van der Waals surface area (Å²) in [6, 6.07) is 5.66. The van der Waals surface area contributed by atoms with Crippen LogP contribution in [0.3, 0.4) is 0 Å². The van der Waals surface area contributed by atoms with Crippen molar-refractivity contribution in [3.05, 3.63) is 35.3 Å². The average molecular weight is 429 g/mol. The lowest BCUT2D eigenvalue weighted by molar-refractivity contribution is 0.254. The van der Waals surface area contributed by atoms with Crippen LogP contribution in [0.15, 0.2) is 22.7 Å². The molecule has 0 unspecified atom stereocenters. The van der Waals surface area contributed by atoms with Gasteiger partial charge in [0, 0.05) is 30.4 Å². The van der Waals surface area contributed by atoms with Crippen molar-refractivity contribution in [3.63, 3.8) is 0 Å². The fourth-order valence-electron chi connectivity index (χ4n) is 2.65. The molecule has 3 N–H and O–H groups in total. The summed E-state index contributed by atoms with van der Waals surface area (Å²) < 4.78 is 11.2. The van der Waals surface area contributed by atoms with E-state index < -0.39 is 0 Å². The quantitative estimate of drug-likeness (QED) is 0.420. The minimum absolute atomic E-state index is 0.308. The Balaban J connectivity index is 1.74. The molecule has 168 valence electrons. The molecule has 0 amide bonds. The van der Waals surface area contributed by atoms with Crippen LogP contribution in [0.5, 0.6) is 5.88 Å². The van der Waals surface area contributed by atoms with Crippen molar-refractivity contribution in [3.8, 4) is 5.88 Å². The van der Waals surface area contributed by atoms with Crippen molar-refractivity contribution in [2.24, 2.45) is 0 Å². The second-order valence-electron chi connectivity index (χ2n) is 8.28. The molecule has 0 aliphatic rings. The summed E-state index contributed by atoms with van der Waals surface area (Å²) in [7, 11) is 3.99. The van der Waals surface area contributed by atoms with Crippen LogP contribution in [0.4, 0.5) is 17.6 Å². The zero-order chi connectivity index (χ0) is 22.4. The van der Waals surface area contributed by atoms with E-state index >= 15 is 0 Å². The maximum absolute atomic E-state index is 5.83. The van der Waals surface area contributed by atoms with Gasteiger partial charge in [-0.05, 0) is 25.9 Å². The number of ether oxygens (including phenoxy) is 1. The highest BCUT2D eigenvalue weighted by molar-refractivity contribution is 5.55. The maximum Gasteiger partial charge on any atom is 0.228 e. The smallest absolute Gasteiger partial charge is 0.228 e. The molecule has 0 aliphatic heterocycles. The molecule has 0 spiro atoms. The van der Waals surface area contributed by atoms with Gasteiger partial charge in [-0.25, -0.2) is 0 Å². The van der Waals surface area contributed by atoms with Crippen molar-refractivity contribution < 1.29 is 9.26 Å². The van der Waals surface area contributed by atoms with Gasteiger partial charge in [-0.1, -0.05) is 32.9 Å². The van der Waals surface area contributed by atoms with Gasteiger partial charge in [0.25, 0.3) is 0 Å². The van der Waals surface area contributed by atoms with E-state index in [1.165, 1.54) is 0 Å². The highest BCUT2D eigenvalue weighted by Gasteiger charge is 2.12. The predicted octanol–water partition coefficient (Wildman–Crippen LogP) is 3.73. The normalized spacial score (nSPS) is 11.5. The van der Waals surface area contributed by atoms with Crippen molar-refractivity contribution in [2.75, 3.05) is 37.9 Å². The molecule has 0 fully saturated rings.